The molecule has 0 spiro atoms. The lowest BCUT2D eigenvalue weighted by atomic mass is 9.95. The number of nitrogens with zero attached hydrogens (tertiary/aromatic N) is 3. The van der Waals surface area contributed by atoms with E-state index in [0.717, 1.165) is 18.6 Å². The van der Waals surface area contributed by atoms with Gasteiger partial charge in [0.25, 0.3) is 0 Å². The molecular weight excluding hydrogens is 627 g/mol. The normalized spacial score (nSPS) is 18.4. The van der Waals surface area contributed by atoms with E-state index in [1.165, 1.54) is 6.92 Å². The van der Waals surface area contributed by atoms with Gasteiger partial charge in [-0.25, -0.2) is 8.96 Å². The van der Waals surface area contributed by atoms with Crippen molar-refractivity contribution >= 4 is 49.3 Å². The fourth-order valence-corrected chi connectivity index (χ4v) is 5.70. The summed E-state index contributed by atoms with van der Waals surface area (Å²) in [6.07, 6.45) is 2.90. The minimum atomic E-state index is -5.71. The van der Waals surface area contributed by atoms with E-state index in [9.17, 15) is 48.0 Å². The number of fused-ring (bicyclic) bond motifs is 1. The zero-order chi connectivity index (χ0) is 29.6. The number of likely N-dealkylation sites (tertiary alicyclic amines) is 1. The fraction of sp³-hybridized carbons (Fsp3) is 0.500. The van der Waals surface area contributed by atoms with Crippen LogP contribution < -0.4 is 4.18 Å². The predicted molar refractivity (Wildman–Crippen MR) is 126 cm³/mol. The number of aromatic nitrogens is 2. The van der Waals surface area contributed by atoms with Crippen molar-refractivity contribution in [2.24, 2.45) is 0 Å². The van der Waals surface area contributed by atoms with E-state index < -0.39 is 36.9 Å². The SMILES string of the molecule is Cc1c(Cl)cc(OS(=O)(=O)C(F)(F)F)cc1Cl.O=C1CCCN1C1CCc2ncn(S(=O)(=O)C(F)(F)F)c2C1. The lowest BCUT2D eigenvalue weighted by Gasteiger charge is -2.31. The zero-order valence-electron chi connectivity index (χ0n) is 19.7. The van der Waals surface area contributed by atoms with Crippen LogP contribution in [0.1, 0.15) is 36.2 Å². The third-order valence-corrected chi connectivity index (χ3v) is 9.09. The summed E-state index contributed by atoms with van der Waals surface area (Å²) >= 11 is 11.2. The average molecular weight is 646 g/mol. The van der Waals surface area contributed by atoms with Gasteiger partial charge in [0.1, 0.15) is 12.1 Å². The maximum Gasteiger partial charge on any atom is 0.534 e. The summed E-state index contributed by atoms with van der Waals surface area (Å²) in [4.78, 5) is 17.2. The van der Waals surface area contributed by atoms with E-state index in [2.05, 4.69) is 9.17 Å². The number of amides is 1. The fourth-order valence-electron chi connectivity index (χ4n) is 3.92. The van der Waals surface area contributed by atoms with Crippen LogP contribution in [-0.2, 0) is 37.8 Å². The predicted octanol–water partition coefficient (Wildman–Crippen LogP) is 4.59. The number of halogens is 8. The van der Waals surface area contributed by atoms with E-state index in [1.807, 2.05) is 0 Å². The summed E-state index contributed by atoms with van der Waals surface area (Å²) in [6, 6.07) is 1.61. The highest BCUT2D eigenvalue weighted by molar-refractivity contribution is 7.90. The summed E-state index contributed by atoms with van der Waals surface area (Å²) in [5, 5.41) is 0.00903. The molecule has 0 N–H and O–H groups in total. The van der Waals surface area contributed by atoms with Gasteiger partial charge in [0.2, 0.25) is 5.91 Å². The van der Waals surface area contributed by atoms with Crippen LogP contribution in [0.2, 0.25) is 10.0 Å². The lowest BCUT2D eigenvalue weighted by Crippen LogP contribution is -2.41. The molecule has 1 saturated heterocycles. The molecule has 2 aliphatic rings. The second-order valence-corrected chi connectivity index (χ2v) is 12.6. The smallest absolute Gasteiger partial charge is 0.376 e. The number of carbonyl (C=O) groups excluding carboxylic acids is 1. The number of hydrogen-bond donors (Lipinski definition) is 0. The highest BCUT2D eigenvalue weighted by Crippen LogP contribution is 2.34. The second kappa shape index (κ2) is 11.0. The third kappa shape index (κ3) is 6.57. The number of aryl methyl sites for hydroxylation is 1. The molecule has 1 aromatic carbocycles. The molecule has 4 rings (SSSR count). The number of carbonyl (C=O) groups is 1. The average Bonchev–Trinajstić information content (AvgIpc) is 3.42. The maximum absolute atomic E-state index is 12.7. The first kappa shape index (κ1) is 31.3. The van der Waals surface area contributed by atoms with Crippen LogP contribution in [0.3, 0.4) is 0 Å². The van der Waals surface area contributed by atoms with E-state index in [0.29, 0.717) is 43.4 Å². The summed E-state index contributed by atoms with van der Waals surface area (Å²) in [5.41, 5.74) is -10.1. The molecule has 9 nitrogen and oxygen atoms in total. The quantitative estimate of drug-likeness (QED) is 0.271. The van der Waals surface area contributed by atoms with E-state index in [-0.39, 0.29) is 38.1 Å². The van der Waals surface area contributed by atoms with E-state index in [1.54, 1.807) is 4.90 Å². The molecule has 1 aliphatic heterocycles. The van der Waals surface area contributed by atoms with Crippen LogP contribution in [-0.4, -0.2) is 60.2 Å². The van der Waals surface area contributed by atoms with Crippen molar-refractivity contribution in [2.45, 2.75) is 56.1 Å². The summed E-state index contributed by atoms with van der Waals surface area (Å²) in [7, 11) is -11.2. The number of alkyl halides is 6. The number of imidazole rings is 1. The van der Waals surface area contributed by atoms with Crippen LogP contribution in [0.15, 0.2) is 18.5 Å². The van der Waals surface area contributed by atoms with Crippen molar-refractivity contribution in [3.63, 3.8) is 0 Å². The zero-order valence-corrected chi connectivity index (χ0v) is 22.8. The van der Waals surface area contributed by atoms with Gasteiger partial charge >= 0.3 is 31.2 Å². The molecule has 0 saturated carbocycles. The molecule has 1 aromatic heterocycles. The van der Waals surface area contributed by atoms with Gasteiger partial charge in [-0.15, -0.1) is 0 Å². The first-order chi connectivity index (χ1) is 17.8. The first-order valence-electron chi connectivity index (χ1n) is 10.9. The molecular formula is C20H19Cl2F6N3O6S2. The Labute approximate surface area is 228 Å². The van der Waals surface area contributed by atoms with Gasteiger partial charge in [-0.05, 0) is 31.7 Å². The molecule has 1 aliphatic carbocycles. The van der Waals surface area contributed by atoms with Gasteiger partial charge in [0.05, 0.1) is 11.4 Å². The van der Waals surface area contributed by atoms with Crippen molar-refractivity contribution in [2.75, 3.05) is 6.54 Å². The Bertz CT molecular complexity index is 1450. The third-order valence-electron chi connectivity index (χ3n) is 5.91. The molecule has 1 atom stereocenters. The van der Waals surface area contributed by atoms with Crippen LogP contribution >= 0.6 is 23.2 Å². The van der Waals surface area contributed by atoms with Crippen molar-refractivity contribution in [1.82, 2.24) is 13.9 Å². The van der Waals surface area contributed by atoms with Gasteiger partial charge in [0, 0.05) is 47.6 Å². The van der Waals surface area contributed by atoms with Gasteiger partial charge in [-0.3, -0.25) is 4.79 Å². The van der Waals surface area contributed by atoms with Crippen molar-refractivity contribution in [3.05, 3.63) is 45.5 Å². The molecule has 1 amide bonds. The van der Waals surface area contributed by atoms with E-state index in [4.69, 9.17) is 23.2 Å². The second-order valence-electron chi connectivity index (χ2n) is 8.47. The molecule has 218 valence electrons. The van der Waals surface area contributed by atoms with Gasteiger partial charge in [-0.1, -0.05) is 23.2 Å². The number of benzene rings is 1. The molecule has 0 radical (unpaired) electrons. The Morgan fingerprint density at radius 1 is 1.00 bits per heavy atom. The Hall–Kier alpha value is -2.24. The number of hydrogen-bond acceptors (Lipinski definition) is 7. The van der Waals surface area contributed by atoms with Crippen LogP contribution in [0.4, 0.5) is 26.3 Å². The summed E-state index contributed by atoms with van der Waals surface area (Å²) in [5.74, 6) is -0.624. The Morgan fingerprint density at radius 3 is 2.08 bits per heavy atom. The summed E-state index contributed by atoms with van der Waals surface area (Å²) in [6.45, 7) is 2.09. The molecule has 0 bridgehead atoms. The highest BCUT2D eigenvalue weighted by Gasteiger charge is 2.50. The Morgan fingerprint density at radius 2 is 1.59 bits per heavy atom. The first-order valence-corrected chi connectivity index (χ1v) is 14.5. The standard InChI is InChI=1S/C12H14F3N3O3S.C8H5Cl2F3O3S/c13-12(14,15)22(20,21)18-7-16-9-4-3-8(6-10(9)18)17-5-1-2-11(17)19;1-4-6(9)2-5(3-7(4)10)16-17(14,15)8(11,12)13/h7-8H,1-6H2;2-3H,1H3. The van der Waals surface area contributed by atoms with Crippen molar-refractivity contribution < 1.29 is 52.2 Å². The lowest BCUT2D eigenvalue weighted by molar-refractivity contribution is -0.129. The monoisotopic (exact) mass is 645 g/mol. The largest absolute Gasteiger partial charge is 0.534 e. The molecule has 1 unspecified atom stereocenters. The minimum absolute atomic E-state index is 0.00451. The van der Waals surface area contributed by atoms with Crippen LogP contribution in [0.25, 0.3) is 0 Å². The highest BCUT2D eigenvalue weighted by atomic mass is 35.5. The molecule has 39 heavy (non-hydrogen) atoms. The topological polar surface area (TPSA) is 116 Å². The summed E-state index contributed by atoms with van der Waals surface area (Å²) < 4.78 is 123. The van der Waals surface area contributed by atoms with Crippen LogP contribution in [0.5, 0.6) is 5.75 Å². The van der Waals surface area contributed by atoms with E-state index >= 15 is 0 Å². The maximum atomic E-state index is 12.7. The minimum Gasteiger partial charge on any atom is -0.376 e. The van der Waals surface area contributed by atoms with Gasteiger partial charge in [0.15, 0.2) is 0 Å². The molecule has 2 aromatic rings. The number of rotatable bonds is 4. The van der Waals surface area contributed by atoms with Crippen molar-refractivity contribution in [1.29, 1.82) is 0 Å². The Kier molecular flexibility index (Phi) is 8.80. The van der Waals surface area contributed by atoms with Crippen molar-refractivity contribution in [3.8, 4) is 5.75 Å². The molecule has 1 fully saturated rings. The molecule has 2 heterocycles. The Balaban J connectivity index is 0.000000224. The van der Waals surface area contributed by atoms with Gasteiger partial charge < -0.3 is 9.08 Å². The van der Waals surface area contributed by atoms with Crippen LogP contribution in [0, 0.1) is 6.92 Å². The molecule has 19 heteroatoms. The van der Waals surface area contributed by atoms with Gasteiger partial charge in [-0.2, -0.15) is 43.2 Å².